The number of thiophene rings is 1. The number of nitrogens with one attached hydrogen (secondary N) is 1. The molecule has 2 unspecified atom stereocenters. The van der Waals surface area contributed by atoms with Crippen molar-refractivity contribution < 1.29 is 23.0 Å². The third-order valence-corrected chi connectivity index (χ3v) is 10.3. The molecule has 4 aliphatic heterocycles. The zero-order valence-corrected chi connectivity index (χ0v) is 24.8. The predicted molar refractivity (Wildman–Crippen MR) is 163 cm³/mol. The zero-order valence-electron chi connectivity index (χ0n) is 24.0. The maximum absolute atomic E-state index is 17.2. The first kappa shape index (κ1) is 27.8. The molecule has 10 nitrogen and oxygen atoms in total. The van der Waals surface area contributed by atoms with Crippen molar-refractivity contribution in [3.05, 3.63) is 40.5 Å². The lowest BCUT2D eigenvalue weighted by Gasteiger charge is -2.37. The minimum Gasteiger partial charge on any atom is -0.462 e. The van der Waals surface area contributed by atoms with Gasteiger partial charge in [0, 0.05) is 66.0 Å². The molecule has 3 saturated heterocycles. The Kier molecular flexibility index (Phi) is 6.99. The molecule has 2 aromatic carbocycles. The van der Waals surface area contributed by atoms with Crippen LogP contribution in [0.2, 0.25) is 0 Å². The normalized spacial score (nSPS) is 21.7. The van der Waals surface area contributed by atoms with Crippen molar-refractivity contribution in [3.63, 3.8) is 0 Å². The third-order valence-electron chi connectivity index (χ3n) is 9.32. The molecule has 0 amide bonds. The number of hydrogen-bond donors (Lipinski definition) is 2. The van der Waals surface area contributed by atoms with Crippen molar-refractivity contribution in [2.24, 2.45) is 0 Å². The van der Waals surface area contributed by atoms with Gasteiger partial charge in [0.15, 0.2) is 5.82 Å². The Bertz CT molecular complexity index is 1820. The topological polar surface area (TPSA) is 122 Å². The van der Waals surface area contributed by atoms with Crippen LogP contribution in [0.5, 0.6) is 6.01 Å². The third kappa shape index (κ3) is 4.39. The van der Waals surface area contributed by atoms with Crippen LogP contribution >= 0.6 is 11.3 Å². The lowest BCUT2D eigenvalue weighted by Crippen LogP contribution is -2.52. The zero-order chi connectivity index (χ0) is 29.9. The number of rotatable bonds is 6. The first-order valence-corrected chi connectivity index (χ1v) is 15.8. The van der Waals surface area contributed by atoms with Crippen molar-refractivity contribution in [1.29, 1.82) is 5.26 Å². The van der Waals surface area contributed by atoms with Gasteiger partial charge in [-0.25, -0.2) is 8.78 Å². The van der Waals surface area contributed by atoms with Gasteiger partial charge in [0.25, 0.3) is 0 Å². The predicted octanol–water partition coefficient (Wildman–Crippen LogP) is 3.93. The van der Waals surface area contributed by atoms with Crippen LogP contribution in [-0.4, -0.2) is 79.5 Å². The standard InChI is InChI=1S/C31H31F2N7O3S/c32-21-3-4-22-23(18(11-34)29(35)44-22)26(21)24-19-14-42-15-20(19)25-28(27(24)33)37-31(43-10-7-39-5-8-41-9-6-39)38-30(25)40-16-1-2-17(40)13-36-12-16/h3-4,16-17,36H,1-2,5-10,12-15,35H2. The number of anilines is 2. The molecule has 0 saturated carbocycles. The SMILES string of the molecule is N#Cc1c(N)sc2ccc(F)c(-c3c4c(c5c(N6C7CCC6CNC7)nc(OCCN6CCOCC6)nc5c3F)COC4)c12. The molecule has 3 N–H and O–H groups in total. The van der Waals surface area contributed by atoms with Crippen molar-refractivity contribution in [2.75, 3.05) is 63.2 Å². The van der Waals surface area contributed by atoms with Crippen molar-refractivity contribution in [1.82, 2.24) is 20.2 Å². The molecule has 13 heteroatoms. The summed E-state index contributed by atoms with van der Waals surface area (Å²) in [6, 6.07) is 5.46. The number of nitrogen functional groups attached to an aromatic ring is 1. The van der Waals surface area contributed by atoms with E-state index in [0.29, 0.717) is 53.2 Å². The van der Waals surface area contributed by atoms with Gasteiger partial charge >= 0.3 is 6.01 Å². The number of fused-ring (bicyclic) bond motifs is 6. The molecule has 4 aromatic rings. The Morgan fingerprint density at radius 1 is 1.05 bits per heavy atom. The Balaban J connectivity index is 1.34. The summed E-state index contributed by atoms with van der Waals surface area (Å²) in [5.74, 6) is -0.696. The summed E-state index contributed by atoms with van der Waals surface area (Å²) in [6.07, 6.45) is 2.00. The Labute approximate surface area is 256 Å². The molecule has 0 radical (unpaired) electrons. The molecule has 2 atom stereocenters. The van der Waals surface area contributed by atoms with E-state index < -0.39 is 11.6 Å². The van der Waals surface area contributed by atoms with Crippen LogP contribution in [-0.2, 0) is 22.7 Å². The quantitative estimate of drug-likeness (QED) is 0.328. The monoisotopic (exact) mass is 619 g/mol. The second-order valence-corrected chi connectivity index (χ2v) is 12.8. The van der Waals surface area contributed by atoms with Crippen molar-refractivity contribution >= 4 is 43.1 Å². The van der Waals surface area contributed by atoms with Gasteiger partial charge in [0.1, 0.15) is 34.8 Å². The molecular weight excluding hydrogens is 588 g/mol. The maximum Gasteiger partial charge on any atom is 0.319 e. The van der Waals surface area contributed by atoms with Gasteiger partial charge in [-0.3, -0.25) is 4.90 Å². The molecule has 3 fully saturated rings. The maximum atomic E-state index is 17.2. The van der Waals surface area contributed by atoms with E-state index in [4.69, 9.17) is 24.9 Å². The first-order chi connectivity index (χ1) is 21.5. The largest absolute Gasteiger partial charge is 0.462 e. The van der Waals surface area contributed by atoms with E-state index in [-0.39, 0.29) is 58.5 Å². The smallest absolute Gasteiger partial charge is 0.319 e. The molecule has 8 rings (SSSR count). The number of aromatic nitrogens is 2. The van der Waals surface area contributed by atoms with E-state index in [1.54, 1.807) is 6.07 Å². The fraction of sp³-hybridized carbons (Fsp3) is 0.452. The Hall–Kier alpha value is -3.67. The van der Waals surface area contributed by atoms with Gasteiger partial charge in [0.05, 0.1) is 37.4 Å². The van der Waals surface area contributed by atoms with Crippen molar-refractivity contribution in [2.45, 2.75) is 38.1 Å². The highest BCUT2D eigenvalue weighted by Crippen LogP contribution is 2.48. The summed E-state index contributed by atoms with van der Waals surface area (Å²) in [5, 5.41) is 14.6. The molecule has 0 spiro atoms. The lowest BCUT2D eigenvalue weighted by molar-refractivity contribution is 0.0317. The average Bonchev–Trinajstić information content (AvgIpc) is 3.71. The van der Waals surface area contributed by atoms with Gasteiger partial charge in [-0.05, 0) is 36.1 Å². The van der Waals surface area contributed by atoms with Crippen LogP contribution < -0.4 is 20.7 Å². The summed E-state index contributed by atoms with van der Waals surface area (Å²) < 4.78 is 51.1. The molecule has 4 aliphatic rings. The number of morpholine rings is 1. The number of halogens is 2. The van der Waals surface area contributed by atoms with Crippen LogP contribution in [0.3, 0.4) is 0 Å². The highest BCUT2D eigenvalue weighted by Gasteiger charge is 2.40. The van der Waals surface area contributed by atoms with Crippen LogP contribution in [0.1, 0.15) is 29.5 Å². The van der Waals surface area contributed by atoms with E-state index in [0.717, 1.165) is 44.6 Å². The van der Waals surface area contributed by atoms with Gasteiger partial charge in [0.2, 0.25) is 0 Å². The number of benzene rings is 2. The highest BCUT2D eigenvalue weighted by atomic mass is 32.1. The van der Waals surface area contributed by atoms with Crippen LogP contribution in [0.15, 0.2) is 12.1 Å². The number of nitriles is 1. The summed E-state index contributed by atoms with van der Waals surface area (Å²) in [7, 11) is 0. The fourth-order valence-corrected chi connectivity index (χ4v) is 8.19. The molecule has 0 aliphatic carbocycles. The first-order valence-electron chi connectivity index (χ1n) is 15.0. The minimum atomic E-state index is -0.687. The van der Waals surface area contributed by atoms with Gasteiger partial charge < -0.3 is 30.2 Å². The average molecular weight is 620 g/mol. The van der Waals surface area contributed by atoms with Crippen LogP contribution in [0.25, 0.3) is 32.1 Å². The summed E-state index contributed by atoms with van der Waals surface area (Å²) in [6.45, 7) is 5.89. The van der Waals surface area contributed by atoms with E-state index in [1.807, 2.05) is 0 Å². The molecular formula is C31H31F2N7O3S. The number of nitrogens with two attached hydrogens (primary N) is 1. The molecule has 44 heavy (non-hydrogen) atoms. The van der Waals surface area contributed by atoms with Crippen LogP contribution in [0, 0.1) is 23.0 Å². The molecule has 2 bridgehead atoms. The van der Waals surface area contributed by atoms with Gasteiger partial charge in [-0.2, -0.15) is 15.2 Å². The van der Waals surface area contributed by atoms with Gasteiger partial charge in [-0.1, -0.05) is 0 Å². The van der Waals surface area contributed by atoms with E-state index >= 15 is 8.78 Å². The molecule has 228 valence electrons. The summed E-state index contributed by atoms with van der Waals surface area (Å²) in [4.78, 5) is 14.1. The van der Waals surface area contributed by atoms with Crippen molar-refractivity contribution in [3.8, 4) is 23.2 Å². The van der Waals surface area contributed by atoms with E-state index in [9.17, 15) is 5.26 Å². The Morgan fingerprint density at radius 3 is 2.59 bits per heavy atom. The second kappa shape index (κ2) is 11.0. The molecule has 2 aromatic heterocycles. The highest BCUT2D eigenvalue weighted by molar-refractivity contribution is 7.23. The van der Waals surface area contributed by atoms with Gasteiger partial charge in [-0.15, -0.1) is 11.3 Å². The lowest BCUT2D eigenvalue weighted by atomic mass is 9.90. The van der Waals surface area contributed by atoms with Crippen LogP contribution in [0.4, 0.5) is 19.6 Å². The minimum absolute atomic E-state index is 0.00494. The Morgan fingerprint density at radius 2 is 1.82 bits per heavy atom. The number of piperazine rings is 1. The fourth-order valence-electron chi connectivity index (χ4n) is 7.26. The summed E-state index contributed by atoms with van der Waals surface area (Å²) in [5.41, 5.74) is 7.69. The van der Waals surface area contributed by atoms with E-state index in [2.05, 4.69) is 26.2 Å². The van der Waals surface area contributed by atoms with E-state index in [1.165, 1.54) is 17.4 Å². The molecule has 6 heterocycles. The number of ether oxygens (including phenoxy) is 3. The summed E-state index contributed by atoms with van der Waals surface area (Å²) >= 11 is 1.18. The second-order valence-electron chi connectivity index (χ2n) is 11.7. The number of nitrogens with zero attached hydrogens (tertiary/aromatic N) is 5. The number of hydrogen-bond acceptors (Lipinski definition) is 11.